The van der Waals surface area contributed by atoms with Crippen molar-refractivity contribution in [3.8, 4) is 0 Å². The topological polar surface area (TPSA) is 15.3 Å². The van der Waals surface area contributed by atoms with Crippen LogP contribution in [0.1, 0.15) is 39.5 Å². The van der Waals surface area contributed by atoms with Gasteiger partial charge in [0, 0.05) is 25.2 Å². The minimum Gasteiger partial charge on any atom is -0.315 e. The SMILES string of the molecule is CNC1CCCC1N1CC(C)CC(C)C1. The van der Waals surface area contributed by atoms with Crippen LogP contribution >= 0.6 is 0 Å². The largest absolute Gasteiger partial charge is 0.315 e. The van der Waals surface area contributed by atoms with Gasteiger partial charge in [-0.25, -0.2) is 0 Å². The smallest absolute Gasteiger partial charge is 0.0249 e. The fraction of sp³-hybridized carbons (Fsp3) is 1.00. The predicted molar refractivity (Wildman–Crippen MR) is 65.0 cm³/mol. The van der Waals surface area contributed by atoms with E-state index in [9.17, 15) is 0 Å². The lowest BCUT2D eigenvalue weighted by molar-refractivity contribution is 0.0860. The summed E-state index contributed by atoms with van der Waals surface area (Å²) in [5.41, 5.74) is 0. The zero-order valence-electron chi connectivity index (χ0n) is 10.5. The lowest BCUT2D eigenvalue weighted by Gasteiger charge is -2.41. The summed E-state index contributed by atoms with van der Waals surface area (Å²) in [7, 11) is 2.12. The standard InChI is InChI=1S/C13H26N2/c1-10-7-11(2)9-15(8-10)13-6-4-5-12(13)14-3/h10-14H,4-9H2,1-3H3. The molecule has 0 amide bonds. The molecule has 2 fully saturated rings. The number of likely N-dealkylation sites (tertiary alicyclic amines) is 1. The van der Waals surface area contributed by atoms with E-state index in [1.165, 1.54) is 38.8 Å². The summed E-state index contributed by atoms with van der Waals surface area (Å²) in [4.78, 5) is 2.76. The molecule has 1 saturated carbocycles. The van der Waals surface area contributed by atoms with Gasteiger partial charge in [0.05, 0.1) is 0 Å². The first-order valence-electron chi connectivity index (χ1n) is 6.62. The number of piperidine rings is 1. The molecule has 0 bridgehead atoms. The van der Waals surface area contributed by atoms with Crippen molar-refractivity contribution in [2.24, 2.45) is 11.8 Å². The number of nitrogens with zero attached hydrogens (tertiary/aromatic N) is 1. The van der Waals surface area contributed by atoms with Gasteiger partial charge in [-0.05, 0) is 38.1 Å². The summed E-state index contributed by atoms with van der Waals surface area (Å²) in [6, 6.07) is 1.57. The normalized spacial score (nSPS) is 43.4. The summed E-state index contributed by atoms with van der Waals surface area (Å²) < 4.78 is 0. The highest BCUT2D eigenvalue weighted by Gasteiger charge is 2.34. The van der Waals surface area contributed by atoms with Gasteiger partial charge in [0.2, 0.25) is 0 Å². The second kappa shape index (κ2) is 4.84. The minimum absolute atomic E-state index is 0.752. The Kier molecular flexibility index (Phi) is 3.68. The van der Waals surface area contributed by atoms with E-state index in [0.717, 1.165) is 23.9 Å². The second-order valence-corrected chi connectivity index (χ2v) is 5.79. The van der Waals surface area contributed by atoms with E-state index in [1.807, 2.05) is 0 Å². The number of nitrogens with one attached hydrogen (secondary N) is 1. The van der Waals surface area contributed by atoms with Crippen LogP contribution < -0.4 is 5.32 Å². The van der Waals surface area contributed by atoms with E-state index in [-0.39, 0.29) is 0 Å². The second-order valence-electron chi connectivity index (χ2n) is 5.79. The van der Waals surface area contributed by atoms with Gasteiger partial charge < -0.3 is 5.32 Å². The van der Waals surface area contributed by atoms with Crippen molar-refractivity contribution >= 4 is 0 Å². The molecule has 0 aromatic carbocycles. The summed E-state index contributed by atoms with van der Waals surface area (Å²) in [5.74, 6) is 1.79. The van der Waals surface area contributed by atoms with E-state index in [0.29, 0.717) is 0 Å². The van der Waals surface area contributed by atoms with Crippen molar-refractivity contribution in [1.29, 1.82) is 0 Å². The van der Waals surface area contributed by atoms with E-state index in [1.54, 1.807) is 0 Å². The lowest BCUT2D eigenvalue weighted by atomic mass is 9.90. The first kappa shape index (κ1) is 11.4. The van der Waals surface area contributed by atoms with Gasteiger partial charge in [0.25, 0.3) is 0 Å². The van der Waals surface area contributed by atoms with Crippen LogP contribution in [0.4, 0.5) is 0 Å². The maximum Gasteiger partial charge on any atom is 0.0249 e. The third-order valence-corrected chi connectivity index (χ3v) is 4.22. The Balaban J connectivity index is 1.96. The molecule has 0 radical (unpaired) electrons. The molecule has 1 N–H and O–H groups in total. The summed E-state index contributed by atoms with van der Waals surface area (Å²) >= 11 is 0. The third-order valence-electron chi connectivity index (χ3n) is 4.22. The molecule has 1 saturated heterocycles. The van der Waals surface area contributed by atoms with E-state index < -0.39 is 0 Å². The molecule has 1 aliphatic carbocycles. The maximum atomic E-state index is 3.50. The quantitative estimate of drug-likeness (QED) is 0.751. The van der Waals surface area contributed by atoms with Crippen LogP contribution in [0.5, 0.6) is 0 Å². The van der Waals surface area contributed by atoms with Crippen LogP contribution in [-0.2, 0) is 0 Å². The number of likely N-dealkylation sites (N-methyl/N-ethyl adjacent to an activating group) is 1. The minimum atomic E-state index is 0.752. The van der Waals surface area contributed by atoms with Crippen molar-refractivity contribution in [1.82, 2.24) is 10.2 Å². The highest BCUT2D eigenvalue weighted by Crippen LogP contribution is 2.29. The third kappa shape index (κ3) is 2.54. The Morgan fingerprint density at radius 3 is 2.33 bits per heavy atom. The summed E-state index contributed by atoms with van der Waals surface area (Å²) in [6.07, 6.45) is 5.62. The highest BCUT2D eigenvalue weighted by atomic mass is 15.2. The van der Waals surface area contributed by atoms with E-state index >= 15 is 0 Å². The van der Waals surface area contributed by atoms with Gasteiger partial charge in [-0.15, -0.1) is 0 Å². The van der Waals surface area contributed by atoms with Crippen molar-refractivity contribution in [3.63, 3.8) is 0 Å². The Hall–Kier alpha value is -0.0800. The monoisotopic (exact) mass is 210 g/mol. The summed E-state index contributed by atoms with van der Waals surface area (Å²) in [5, 5.41) is 3.50. The number of rotatable bonds is 2. The molecule has 4 unspecified atom stereocenters. The summed E-state index contributed by atoms with van der Waals surface area (Å²) in [6.45, 7) is 7.47. The maximum absolute atomic E-state index is 3.50. The van der Waals surface area contributed by atoms with E-state index in [2.05, 4.69) is 31.1 Å². The Morgan fingerprint density at radius 1 is 1.07 bits per heavy atom. The van der Waals surface area contributed by atoms with E-state index in [4.69, 9.17) is 0 Å². The number of hydrogen-bond donors (Lipinski definition) is 1. The van der Waals surface area contributed by atoms with Gasteiger partial charge in [-0.1, -0.05) is 20.3 Å². The van der Waals surface area contributed by atoms with Crippen LogP contribution in [-0.4, -0.2) is 37.1 Å². The molecule has 15 heavy (non-hydrogen) atoms. The Morgan fingerprint density at radius 2 is 1.73 bits per heavy atom. The zero-order chi connectivity index (χ0) is 10.8. The van der Waals surface area contributed by atoms with Crippen LogP contribution in [0.2, 0.25) is 0 Å². The molecule has 2 heteroatoms. The number of hydrogen-bond acceptors (Lipinski definition) is 2. The molecular formula is C13H26N2. The van der Waals surface area contributed by atoms with Crippen molar-refractivity contribution in [2.75, 3.05) is 20.1 Å². The molecule has 0 aromatic heterocycles. The Bertz CT molecular complexity index is 195. The average Bonchev–Trinajstić information content (AvgIpc) is 2.63. The predicted octanol–water partition coefficient (Wildman–Crippen LogP) is 2.10. The molecule has 1 aliphatic heterocycles. The van der Waals surface area contributed by atoms with Gasteiger partial charge in [-0.2, -0.15) is 0 Å². The highest BCUT2D eigenvalue weighted by molar-refractivity contribution is 4.92. The molecular weight excluding hydrogens is 184 g/mol. The van der Waals surface area contributed by atoms with Crippen LogP contribution in [0.15, 0.2) is 0 Å². The van der Waals surface area contributed by atoms with Gasteiger partial charge in [-0.3, -0.25) is 4.90 Å². The van der Waals surface area contributed by atoms with Crippen LogP contribution in [0.25, 0.3) is 0 Å². The van der Waals surface area contributed by atoms with Gasteiger partial charge in [0.1, 0.15) is 0 Å². The van der Waals surface area contributed by atoms with Crippen molar-refractivity contribution < 1.29 is 0 Å². The fourth-order valence-electron chi connectivity index (χ4n) is 3.70. The molecule has 2 rings (SSSR count). The molecule has 0 spiro atoms. The zero-order valence-corrected chi connectivity index (χ0v) is 10.5. The molecule has 2 nitrogen and oxygen atoms in total. The first-order chi connectivity index (χ1) is 7.20. The van der Waals surface area contributed by atoms with Crippen LogP contribution in [0.3, 0.4) is 0 Å². The molecule has 2 aliphatic rings. The van der Waals surface area contributed by atoms with Gasteiger partial charge >= 0.3 is 0 Å². The first-order valence-corrected chi connectivity index (χ1v) is 6.62. The average molecular weight is 210 g/mol. The fourth-order valence-corrected chi connectivity index (χ4v) is 3.70. The Labute approximate surface area is 94.4 Å². The van der Waals surface area contributed by atoms with Crippen molar-refractivity contribution in [3.05, 3.63) is 0 Å². The molecule has 88 valence electrons. The molecule has 0 aromatic rings. The lowest BCUT2D eigenvalue weighted by Crippen LogP contribution is -2.51. The van der Waals surface area contributed by atoms with Gasteiger partial charge in [0.15, 0.2) is 0 Å². The van der Waals surface area contributed by atoms with Crippen LogP contribution in [0, 0.1) is 11.8 Å². The molecule has 1 heterocycles. The molecule has 4 atom stereocenters. The van der Waals surface area contributed by atoms with Crippen molar-refractivity contribution in [2.45, 2.75) is 51.6 Å².